The highest BCUT2D eigenvalue weighted by molar-refractivity contribution is 6.05. The van der Waals surface area contributed by atoms with Crippen LogP contribution >= 0.6 is 0 Å². The molecule has 0 aromatic heterocycles. The second-order valence-corrected chi connectivity index (χ2v) is 3.07. The Labute approximate surface area is 68.9 Å². The molecule has 2 fully saturated rings. The summed E-state index contributed by atoms with van der Waals surface area (Å²) in [4.78, 5) is 23.6. The highest BCUT2D eigenvalue weighted by Gasteiger charge is 2.47. The fraction of sp³-hybridized carbons (Fsp3) is 0.571. The van der Waals surface area contributed by atoms with Crippen molar-refractivity contribution < 1.29 is 9.59 Å². The van der Waals surface area contributed by atoms with E-state index in [1.165, 1.54) is 4.90 Å². The molecule has 0 aliphatic carbocycles. The van der Waals surface area contributed by atoms with E-state index in [9.17, 15) is 9.59 Å². The first-order valence-corrected chi connectivity index (χ1v) is 3.72. The molecular weight excluding hydrogens is 158 g/mol. The van der Waals surface area contributed by atoms with Crippen molar-refractivity contribution in [2.45, 2.75) is 0 Å². The van der Waals surface area contributed by atoms with Gasteiger partial charge in [-0.15, -0.1) is 0 Å². The number of carbonyl (C=O) groups excluding carboxylic acids is 2. The van der Waals surface area contributed by atoms with E-state index in [-0.39, 0.29) is 23.7 Å². The number of nitriles is 1. The van der Waals surface area contributed by atoms with Gasteiger partial charge >= 0.3 is 0 Å². The van der Waals surface area contributed by atoms with Crippen LogP contribution in [0.3, 0.4) is 0 Å². The van der Waals surface area contributed by atoms with Crippen molar-refractivity contribution in [2.24, 2.45) is 11.8 Å². The van der Waals surface area contributed by atoms with Crippen LogP contribution in [0.5, 0.6) is 0 Å². The molecule has 2 rings (SSSR count). The zero-order valence-corrected chi connectivity index (χ0v) is 6.28. The lowest BCUT2D eigenvalue weighted by atomic mass is 10.00. The van der Waals surface area contributed by atoms with Gasteiger partial charge in [0.15, 0.2) is 6.19 Å². The molecule has 1 N–H and O–H groups in total. The summed E-state index contributed by atoms with van der Waals surface area (Å²) in [6.45, 7) is 0.775. The van der Waals surface area contributed by atoms with Crippen molar-refractivity contribution in [1.82, 2.24) is 10.2 Å². The summed E-state index contributed by atoms with van der Waals surface area (Å²) < 4.78 is 0. The van der Waals surface area contributed by atoms with Crippen LogP contribution in [0, 0.1) is 23.3 Å². The number of imide groups is 1. The molecule has 2 atom stereocenters. The molecule has 0 saturated carbocycles. The molecule has 0 aromatic carbocycles. The van der Waals surface area contributed by atoms with Crippen molar-refractivity contribution in [3.05, 3.63) is 0 Å². The lowest BCUT2D eigenvalue weighted by molar-refractivity contribution is -0.126. The normalized spacial score (nSPS) is 33.1. The second kappa shape index (κ2) is 2.21. The first-order valence-electron chi connectivity index (χ1n) is 3.72. The van der Waals surface area contributed by atoms with E-state index in [1.807, 2.05) is 6.19 Å². The average Bonchev–Trinajstić information content (AvgIpc) is 2.55. The Bertz CT molecular complexity index is 272. The SMILES string of the molecule is N#CN1CC2C(=O)NC(=O)C2C1. The van der Waals surface area contributed by atoms with Gasteiger partial charge in [0.2, 0.25) is 11.8 Å². The second-order valence-electron chi connectivity index (χ2n) is 3.07. The van der Waals surface area contributed by atoms with Gasteiger partial charge in [0, 0.05) is 13.1 Å². The number of amides is 2. The van der Waals surface area contributed by atoms with Gasteiger partial charge in [0.25, 0.3) is 0 Å². The van der Waals surface area contributed by atoms with Gasteiger partial charge in [-0.2, -0.15) is 5.26 Å². The van der Waals surface area contributed by atoms with Crippen LogP contribution in [0.15, 0.2) is 0 Å². The third kappa shape index (κ3) is 0.780. The molecule has 0 spiro atoms. The molecule has 2 heterocycles. The lowest BCUT2D eigenvalue weighted by Gasteiger charge is -2.05. The standard InChI is InChI=1S/C7H7N3O2/c8-3-10-1-4-5(2-10)7(12)9-6(4)11/h4-5H,1-2H2,(H,9,11,12). The first kappa shape index (κ1) is 7.10. The predicted octanol–water partition coefficient (Wildman–Crippen LogP) is -1.33. The number of hydrogen-bond acceptors (Lipinski definition) is 4. The number of rotatable bonds is 0. The van der Waals surface area contributed by atoms with Crippen LogP contribution in [0.25, 0.3) is 0 Å². The van der Waals surface area contributed by atoms with Crippen molar-refractivity contribution in [3.8, 4) is 6.19 Å². The Morgan fingerprint density at radius 1 is 1.33 bits per heavy atom. The minimum absolute atomic E-state index is 0.234. The van der Waals surface area contributed by atoms with E-state index in [0.717, 1.165) is 0 Å². The van der Waals surface area contributed by atoms with E-state index in [1.54, 1.807) is 0 Å². The number of fused-ring (bicyclic) bond motifs is 1. The van der Waals surface area contributed by atoms with Crippen LogP contribution in [-0.4, -0.2) is 29.8 Å². The largest absolute Gasteiger partial charge is 0.309 e. The zero-order valence-electron chi connectivity index (χ0n) is 6.28. The molecule has 0 bridgehead atoms. The van der Waals surface area contributed by atoms with Crippen LogP contribution in [-0.2, 0) is 9.59 Å². The van der Waals surface area contributed by atoms with Crippen molar-refractivity contribution in [3.63, 3.8) is 0 Å². The minimum Gasteiger partial charge on any atom is -0.309 e. The molecule has 2 unspecified atom stereocenters. The number of hydrogen-bond donors (Lipinski definition) is 1. The topological polar surface area (TPSA) is 73.2 Å². The summed E-state index contributed by atoms with van der Waals surface area (Å²) in [7, 11) is 0. The van der Waals surface area contributed by atoms with E-state index in [4.69, 9.17) is 5.26 Å². The monoisotopic (exact) mass is 165 g/mol. The van der Waals surface area contributed by atoms with Crippen LogP contribution in [0.2, 0.25) is 0 Å². The number of nitrogens with zero attached hydrogens (tertiary/aromatic N) is 2. The third-order valence-electron chi connectivity index (χ3n) is 2.38. The minimum atomic E-state index is -0.294. The van der Waals surface area contributed by atoms with Gasteiger partial charge in [-0.25, -0.2) is 0 Å². The molecule has 5 nitrogen and oxygen atoms in total. The maximum atomic E-state index is 11.1. The van der Waals surface area contributed by atoms with Gasteiger partial charge in [-0.1, -0.05) is 0 Å². The molecule has 2 aliphatic rings. The Kier molecular flexibility index (Phi) is 1.30. The van der Waals surface area contributed by atoms with E-state index >= 15 is 0 Å². The van der Waals surface area contributed by atoms with Crippen LogP contribution < -0.4 is 5.32 Å². The number of nitrogens with one attached hydrogen (secondary N) is 1. The highest BCUT2D eigenvalue weighted by Crippen LogP contribution is 2.27. The number of likely N-dealkylation sites (tertiary alicyclic amines) is 1. The first-order chi connectivity index (χ1) is 5.72. The van der Waals surface area contributed by atoms with Crippen molar-refractivity contribution in [1.29, 1.82) is 5.26 Å². The maximum absolute atomic E-state index is 11.1. The highest BCUT2D eigenvalue weighted by atomic mass is 16.2. The fourth-order valence-corrected chi connectivity index (χ4v) is 1.72. The van der Waals surface area contributed by atoms with Gasteiger partial charge in [-0.05, 0) is 0 Å². The molecule has 2 aliphatic heterocycles. The van der Waals surface area contributed by atoms with Crippen molar-refractivity contribution >= 4 is 11.8 Å². The molecule has 2 amide bonds. The van der Waals surface area contributed by atoms with E-state index in [2.05, 4.69) is 5.32 Å². The van der Waals surface area contributed by atoms with Crippen LogP contribution in [0.4, 0.5) is 0 Å². The molecular formula is C7H7N3O2. The summed E-state index contributed by atoms with van der Waals surface area (Å²) in [6, 6.07) is 0. The Morgan fingerprint density at radius 3 is 2.25 bits per heavy atom. The van der Waals surface area contributed by atoms with Gasteiger partial charge in [0.05, 0.1) is 11.8 Å². The quantitative estimate of drug-likeness (QED) is 0.356. The molecule has 0 aromatic rings. The predicted molar refractivity (Wildman–Crippen MR) is 37.3 cm³/mol. The van der Waals surface area contributed by atoms with Crippen molar-refractivity contribution in [2.75, 3.05) is 13.1 Å². The Hall–Kier alpha value is -1.57. The van der Waals surface area contributed by atoms with E-state index in [0.29, 0.717) is 13.1 Å². The summed E-state index contributed by atoms with van der Waals surface area (Å²) in [6.07, 6.45) is 1.93. The van der Waals surface area contributed by atoms with Gasteiger partial charge in [-0.3, -0.25) is 14.9 Å². The van der Waals surface area contributed by atoms with Gasteiger partial charge in [0.1, 0.15) is 0 Å². The average molecular weight is 165 g/mol. The summed E-state index contributed by atoms with van der Waals surface area (Å²) in [5.41, 5.74) is 0. The molecule has 0 radical (unpaired) electrons. The third-order valence-corrected chi connectivity index (χ3v) is 2.38. The van der Waals surface area contributed by atoms with Gasteiger partial charge < -0.3 is 4.90 Å². The smallest absolute Gasteiger partial charge is 0.232 e. The molecule has 5 heteroatoms. The summed E-state index contributed by atoms with van der Waals surface area (Å²) >= 11 is 0. The van der Waals surface area contributed by atoms with Crippen LogP contribution in [0.1, 0.15) is 0 Å². The molecule has 2 saturated heterocycles. The molecule has 62 valence electrons. The van der Waals surface area contributed by atoms with E-state index < -0.39 is 0 Å². The fourth-order valence-electron chi connectivity index (χ4n) is 1.72. The summed E-state index contributed by atoms with van der Waals surface area (Å²) in [5, 5.41) is 10.8. The number of carbonyl (C=O) groups is 2. The summed E-state index contributed by atoms with van der Waals surface area (Å²) in [5.74, 6) is -1.06. The Balaban J connectivity index is 2.21. The zero-order chi connectivity index (χ0) is 8.72. The molecule has 12 heavy (non-hydrogen) atoms. The lowest BCUT2D eigenvalue weighted by Crippen LogP contribution is -2.29. The Morgan fingerprint density at radius 2 is 1.83 bits per heavy atom. The maximum Gasteiger partial charge on any atom is 0.232 e.